The number of hydrogen-bond acceptors (Lipinski definition) is 6. The van der Waals surface area contributed by atoms with Crippen LogP contribution in [0.15, 0.2) is 23.2 Å². The van der Waals surface area contributed by atoms with Gasteiger partial charge in [0.1, 0.15) is 4.90 Å². The van der Waals surface area contributed by atoms with Crippen LogP contribution in [0.5, 0.6) is 0 Å². The zero-order valence-corrected chi connectivity index (χ0v) is 12.0. The van der Waals surface area contributed by atoms with Gasteiger partial charge in [0.15, 0.2) is 0 Å². The summed E-state index contributed by atoms with van der Waals surface area (Å²) in [5, 5.41) is 0. The molecule has 8 nitrogen and oxygen atoms in total. The summed E-state index contributed by atoms with van der Waals surface area (Å²) in [6, 6.07) is 2.86. The Morgan fingerprint density at radius 3 is 2.42 bits per heavy atom. The third-order valence-corrected chi connectivity index (χ3v) is 5.10. The molecule has 0 amide bonds. The first-order chi connectivity index (χ1) is 8.80. The van der Waals surface area contributed by atoms with Crippen LogP contribution >= 0.6 is 0 Å². The summed E-state index contributed by atoms with van der Waals surface area (Å²) in [4.78, 5) is 3.83. The molecule has 1 rings (SSSR count). The summed E-state index contributed by atoms with van der Waals surface area (Å²) in [7, 11) is -5.94. The number of nitrogens with one attached hydrogen (secondary N) is 2. The average Bonchev–Trinajstić information content (AvgIpc) is 2.38. The molecule has 1 aromatic rings. The Hall–Kier alpha value is -1.07. The first kappa shape index (κ1) is 16.0. The van der Waals surface area contributed by atoms with Gasteiger partial charge in [0, 0.05) is 19.3 Å². The highest BCUT2D eigenvalue weighted by atomic mass is 32.2. The van der Waals surface area contributed by atoms with Gasteiger partial charge in [0.2, 0.25) is 20.0 Å². The van der Waals surface area contributed by atoms with Gasteiger partial charge in [-0.25, -0.2) is 26.3 Å². The molecule has 0 aliphatic heterocycles. The first-order valence-electron chi connectivity index (χ1n) is 5.36. The lowest BCUT2D eigenvalue weighted by molar-refractivity contribution is 0.578. The maximum absolute atomic E-state index is 11.8. The second kappa shape index (κ2) is 6.39. The van der Waals surface area contributed by atoms with Crippen molar-refractivity contribution in [2.45, 2.75) is 11.4 Å². The highest BCUT2D eigenvalue weighted by Crippen LogP contribution is 2.07. The summed E-state index contributed by atoms with van der Waals surface area (Å²) in [6.45, 7) is -0.00167. The van der Waals surface area contributed by atoms with Crippen molar-refractivity contribution < 1.29 is 16.8 Å². The summed E-state index contributed by atoms with van der Waals surface area (Å²) in [5.74, 6) is -0.336. The Morgan fingerprint density at radius 2 is 1.95 bits per heavy atom. The van der Waals surface area contributed by atoms with Crippen molar-refractivity contribution in [1.29, 1.82) is 0 Å². The molecule has 0 aliphatic carbocycles. The van der Waals surface area contributed by atoms with Gasteiger partial charge < -0.3 is 5.73 Å². The molecule has 0 aliphatic rings. The molecular formula is C9H16N4O4S2. The van der Waals surface area contributed by atoms with Crippen LogP contribution in [0.25, 0.3) is 0 Å². The van der Waals surface area contributed by atoms with E-state index >= 15 is 0 Å². The minimum absolute atomic E-state index is 0.0356. The maximum atomic E-state index is 11.8. The highest BCUT2D eigenvalue weighted by molar-refractivity contribution is 7.90. The van der Waals surface area contributed by atoms with E-state index < -0.39 is 20.0 Å². The Balaban J connectivity index is 2.70. The smallest absolute Gasteiger partial charge is 0.242 e. The number of hydrogen-bond donors (Lipinski definition) is 3. The summed E-state index contributed by atoms with van der Waals surface area (Å²) >= 11 is 0. The van der Waals surface area contributed by atoms with Crippen LogP contribution < -0.4 is 15.2 Å². The average molecular weight is 308 g/mol. The third kappa shape index (κ3) is 4.84. The fourth-order valence-corrected chi connectivity index (χ4v) is 2.87. The molecule has 19 heavy (non-hydrogen) atoms. The van der Waals surface area contributed by atoms with Crippen molar-refractivity contribution in [3.63, 3.8) is 0 Å². The Bertz CT molecular complexity index is 610. The largest absolute Gasteiger partial charge is 0.325 e. The lowest BCUT2D eigenvalue weighted by Gasteiger charge is -2.07. The minimum atomic E-state index is -3.76. The first-order valence-corrected chi connectivity index (χ1v) is 8.50. The summed E-state index contributed by atoms with van der Waals surface area (Å²) in [5.41, 5.74) is 5.92. The van der Waals surface area contributed by atoms with E-state index in [4.69, 9.17) is 5.73 Å². The van der Waals surface area contributed by atoms with Crippen molar-refractivity contribution in [3.8, 4) is 0 Å². The lowest BCUT2D eigenvalue weighted by Crippen LogP contribution is -2.33. The van der Waals surface area contributed by atoms with Gasteiger partial charge in [-0.3, -0.25) is 4.98 Å². The lowest BCUT2D eigenvalue weighted by atomic mass is 10.4. The number of nitrogens with zero attached hydrogens (tertiary/aromatic N) is 1. The normalized spacial score (nSPS) is 12.5. The van der Waals surface area contributed by atoms with Crippen molar-refractivity contribution >= 4 is 20.0 Å². The summed E-state index contributed by atoms with van der Waals surface area (Å²) in [6.07, 6.45) is 1.18. The zero-order valence-electron chi connectivity index (χ0n) is 10.3. The Kier molecular flexibility index (Phi) is 5.38. The molecule has 0 atom stereocenters. The second-order valence-corrected chi connectivity index (χ2v) is 7.42. The van der Waals surface area contributed by atoms with Gasteiger partial charge in [0.05, 0.1) is 11.4 Å². The molecule has 0 bridgehead atoms. The van der Waals surface area contributed by atoms with E-state index in [1.165, 1.54) is 25.4 Å². The van der Waals surface area contributed by atoms with E-state index in [0.29, 0.717) is 5.69 Å². The molecule has 0 saturated heterocycles. The molecule has 108 valence electrons. The Morgan fingerprint density at radius 1 is 1.26 bits per heavy atom. The second-order valence-electron chi connectivity index (χ2n) is 3.61. The van der Waals surface area contributed by atoms with Crippen molar-refractivity contribution in [1.82, 2.24) is 14.4 Å². The molecule has 0 saturated carbocycles. The molecular weight excluding hydrogens is 292 g/mol. The molecule has 0 unspecified atom stereocenters. The van der Waals surface area contributed by atoms with Crippen molar-refractivity contribution in [3.05, 3.63) is 24.0 Å². The SMILES string of the molecule is CNS(=O)(=O)CCNS(=O)(=O)c1ccc(CN)nc1. The zero-order chi connectivity index (χ0) is 14.5. The monoisotopic (exact) mass is 308 g/mol. The van der Waals surface area contributed by atoms with E-state index in [2.05, 4.69) is 14.4 Å². The van der Waals surface area contributed by atoms with E-state index in [1.807, 2.05) is 0 Å². The van der Waals surface area contributed by atoms with Crippen molar-refractivity contribution in [2.24, 2.45) is 5.73 Å². The van der Waals surface area contributed by atoms with Crippen LogP contribution in [-0.4, -0.2) is 41.2 Å². The molecule has 1 heterocycles. The van der Waals surface area contributed by atoms with Crippen LogP contribution in [0.1, 0.15) is 5.69 Å². The fourth-order valence-electron chi connectivity index (χ4n) is 1.19. The van der Waals surface area contributed by atoms with Crippen LogP contribution in [0.3, 0.4) is 0 Å². The van der Waals surface area contributed by atoms with Gasteiger partial charge in [-0.15, -0.1) is 0 Å². The van der Waals surface area contributed by atoms with E-state index in [-0.39, 0.29) is 23.7 Å². The molecule has 0 spiro atoms. The van der Waals surface area contributed by atoms with Crippen LogP contribution in [0.2, 0.25) is 0 Å². The van der Waals surface area contributed by atoms with E-state index in [1.54, 1.807) is 0 Å². The molecule has 4 N–H and O–H groups in total. The van der Waals surface area contributed by atoms with Gasteiger partial charge in [-0.1, -0.05) is 0 Å². The Labute approximate surface area is 112 Å². The quantitative estimate of drug-likeness (QED) is 0.554. The van der Waals surface area contributed by atoms with E-state index in [9.17, 15) is 16.8 Å². The van der Waals surface area contributed by atoms with Gasteiger partial charge in [0.25, 0.3) is 0 Å². The minimum Gasteiger partial charge on any atom is -0.325 e. The van der Waals surface area contributed by atoms with Crippen molar-refractivity contribution in [2.75, 3.05) is 19.3 Å². The number of nitrogens with two attached hydrogens (primary N) is 1. The highest BCUT2D eigenvalue weighted by Gasteiger charge is 2.15. The molecule has 0 aromatic carbocycles. The third-order valence-electron chi connectivity index (χ3n) is 2.29. The predicted octanol–water partition coefficient (Wildman–Crippen LogP) is -1.63. The van der Waals surface area contributed by atoms with Crippen LogP contribution in [0.4, 0.5) is 0 Å². The van der Waals surface area contributed by atoms with Gasteiger partial charge >= 0.3 is 0 Å². The molecule has 1 aromatic heterocycles. The van der Waals surface area contributed by atoms with Crippen LogP contribution in [-0.2, 0) is 26.6 Å². The standard InChI is InChI=1S/C9H16N4O4S2/c1-11-18(14,15)5-4-13-19(16,17)9-3-2-8(6-10)12-7-9/h2-3,7,11,13H,4-6,10H2,1H3. The van der Waals surface area contributed by atoms with Gasteiger partial charge in [-0.05, 0) is 19.2 Å². The number of pyridine rings is 1. The molecule has 0 fully saturated rings. The fraction of sp³-hybridized carbons (Fsp3) is 0.444. The molecule has 10 heteroatoms. The maximum Gasteiger partial charge on any atom is 0.242 e. The van der Waals surface area contributed by atoms with E-state index in [0.717, 1.165) is 0 Å². The van der Waals surface area contributed by atoms with Gasteiger partial charge in [-0.2, -0.15) is 0 Å². The summed E-state index contributed by atoms with van der Waals surface area (Å²) < 4.78 is 50.2. The topological polar surface area (TPSA) is 131 Å². The predicted molar refractivity (Wildman–Crippen MR) is 70.2 cm³/mol. The number of aromatic nitrogens is 1. The van der Waals surface area contributed by atoms with Crippen LogP contribution in [0, 0.1) is 0 Å². The number of sulfonamides is 2. The molecule has 0 radical (unpaired) electrons. The number of rotatable bonds is 7.